The smallest absolute Gasteiger partial charge is 0.353 e. The molecule has 6 nitrogen and oxygen atoms in total. The lowest BCUT2D eigenvalue weighted by Gasteiger charge is -2.05. The second-order valence-electron chi connectivity index (χ2n) is 5.83. The Morgan fingerprint density at radius 2 is 1.89 bits per heavy atom. The number of benzene rings is 2. The number of carbonyl (C=O) groups excluding carboxylic acids is 2. The Labute approximate surface area is 166 Å². The summed E-state index contributed by atoms with van der Waals surface area (Å²) in [5.41, 5.74) is 4.19. The molecule has 0 fully saturated rings. The maximum atomic E-state index is 12.0. The van der Waals surface area contributed by atoms with Gasteiger partial charge in [-0.2, -0.15) is 5.10 Å². The van der Waals surface area contributed by atoms with Gasteiger partial charge in [-0.3, -0.25) is 4.79 Å². The van der Waals surface area contributed by atoms with Gasteiger partial charge in [0.05, 0.1) is 6.21 Å². The Balaban J connectivity index is 1.49. The second kappa shape index (κ2) is 9.48. The van der Waals surface area contributed by atoms with Gasteiger partial charge in [0, 0.05) is 0 Å². The van der Waals surface area contributed by atoms with Crippen molar-refractivity contribution >= 4 is 29.4 Å². The van der Waals surface area contributed by atoms with Crippen LogP contribution in [0.5, 0.6) is 11.5 Å². The number of rotatable bonds is 7. The lowest BCUT2D eigenvalue weighted by atomic mass is 10.2. The Morgan fingerprint density at radius 3 is 2.64 bits per heavy atom. The number of hydrogen-bond acceptors (Lipinski definition) is 6. The molecule has 1 heterocycles. The number of nitrogens with zero attached hydrogens (tertiary/aromatic N) is 1. The largest absolute Gasteiger partial charge is 0.484 e. The van der Waals surface area contributed by atoms with Crippen molar-refractivity contribution in [3.05, 3.63) is 82.0 Å². The zero-order chi connectivity index (χ0) is 19.8. The van der Waals surface area contributed by atoms with E-state index in [9.17, 15) is 9.59 Å². The van der Waals surface area contributed by atoms with Crippen molar-refractivity contribution in [2.45, 2.75) is 6.92 Å². The zero-order valence-corrected chi connectivity index (χ0v) is 15.9. The molecule has 0 aliphatic rings. The van der Waals surface area contributed by atoms with Crippen molar-refractivity contribution in [3.63, 3.8) is 0 Å². The molecule has 142 valence electrons. The van der Waals surface area contributed by atoms with Crippen molar-refractivity contribution in [3.8, 4) is 11.5 Å². The minimum atomic E-state index is -0.411. The van der Waals surface area contributed by atoms with Gasteiger partial charge < -0.3 is 9.47 Å². The fraction of sp³-hybridized carbons (Fsp3) is 0.0952. The monoisotopic (exact) mass is 394 g/mol. The number of thiophene rings is 1. The van der Waals surface area contributed by atoms with Crippen LogP contribution < -0.4 is 14.9 Å². The van der Waals surface area contributed by atoms with E-state index in [4.69, 9.17) is 9.47 Å². The number of aryl methyl sites for hydroxylation is 1. The van der Waals surface area contributed by atoms with Gasteiger partial charge in [-0.15, -0.1) is 11.3 Å². The summed E-state index contributed by atoms with van der Waals surface area (Å²) >= 11 is 1.31. The molecule has 3 aromatic rings. The van der Waals surface area contributed by atoms with Gasteiger partial charge in [-0.05, 0) is 48.2 Å². The molecule has 0 atom stereocenters. The molecule has 0 saturated heterocycles. The molecule has 0 spiro atoms. The number of ether oxygens (including phenoxy) is 2. The van der Waals surface area contributed by atoms with Crippen LogP contribution in [0.25, 0.3) is 0 Å². The average Bonchev–Trinajstić information content (AvgIpc) is 3.23. The van der Waals surface area contributed by atoms with E-state index in [0.29, 0.717) is 21.9 Å². The van der Waals surface area contributed by atoms with Crippen LogP contribution in [0.2, 0.25) is 0 Å². The van der Waals surface area contributed by atoms with Gasteiger partial charge in [0.25, 0.3) is 5.91 Å². The Bertz CT molecular complexity index is 966. The molecule has 0 aliphatic carbocycles. The molecular weight excluding hydrogens is 376 g/mol. The number of hydrogen-bond donors (Lipinski definition) is 1. The van der Waals surface area contributed by atoms with E-state index < -0.39 is 5.97 Å². The maximum Gasteiger partial charge on any atom is 0.353 e. The van der Waals surface area contributed by atoms with Crippen molar-refractivity contribution in [1.82, 2.24) is 5.43 Å². The third kappa shape index (κ3) is 5.78. The van der Waals surface area contributed by atoms with E-state index in [1.165, 1.54) is 17.6 Å². The van der Waals surface area contributed by atoms with Crippen molar-refractivity contribution in [1.29, 1.82) is 0 Å². The zero-order valence-electron chi connectivity index (χ0n) is 15.1. The predicted molar refractivity (Wildman–Crippen MR) is 108 cm³/mol. The van der Waals surface area contributed by atoms with Gasteiger partial charge in [0.15, 0.2) is 6.61 Å². The average molecular weight is 394 g/mol. The predicted octanol–water partition coefficient (Wildman–Crippen LogP) is 3.80. The van der Waals surface area contributed by atoms with Crippen LogP contribution in [-0.4, -0.2) is 24.7 Å². The molecule has 0 radical (unpaired) electrons. The van der Waals surface area contributed by atoms with Gasteiger partial charge in [-0.1, -0.05) is 35.9 Å². The lowest BCUT2D eigenvalue weighted by molar-refractivity contribution is -0.123. The SMILES string of the molecule is Cc1ccc(OCC(=O)N/N=C\c2cccc(OC(=O)c3cccs3)c2)cc1. The van der Waals surface area contributed by atoms with Gasteiger partial charge in [0.1, 0.15) is 16.4 Å². The molecule has 0 aliphatic heterocycles. The summed E-state index contributed by atoms with van der Waals surface area (Å²) in [5.74, 6) is 0.226. The molecule has 1 N–H and O–H groups in total. The molecule has 2 aromatic carbocycles. The number of esters is 1. The highest BCUT2D eigenvalue weighted by atomic mass is 32.1. The minimum Gasteiger partial charge on any atom is -0.484 e. The highest BCUT2D eigenvalue weighted by molar-refractivity contribution is 7.12. The quantitative estimate of drug-likeness (QED) is 0.286. The van der Waals surface area contributed by atoms with Crippen LogP contribution in [0, 0.1) is 6.92 Å². The van der Waals surface area contributed by atoms with Crippen molar-refractivity contribution < 1.29 is 19.1 Å². The normalized spacial score (nSPS) is 10.6. The van der Waals surface area contributed by atoms with Crippen LogP contribution in [0.15, 0.2) is 71.1 Å². The summed E-state index contributed by atoms with van der Waals surface area (Å²) < 4.78 is 10.7. The first kappa shape index (κ1) is 19.3. The van der Waals surface area contributed by atoms with E-state index in [2.05, 4.69) is 10.5 Å². The number of hydrazone groups is 1. The fourth-order valence-corrected chi connectivity index (χ4v) is 2.80. The fourth-order valence-electron chi connectivity index (χ4n) is 2.20. The minimum absolute atomic E-state index is 0.140. The topological polar surface area (TPSA) is 77.0 Å². The first-order chi connectivity index (χ1) is 13.6. The number of nitrogens with one attached hydrogen (secondary N) is 1. The molecule has 28 heavy (non-hydrogen) atoms. The van der Waals surface area contributed by atoms with E-state index in [0.717, 1.165) is 5.56 Å². The van der Waals surface area contributed by atoms with E-state index >= 15 is 0 Å². The standard InChI is InChI=1S/C21H18N2O4S/c1-15-7-9-17(10-8-15)26-14-20(24)23-22-13-16-4-2-5-18(12-16)27-21(25)19-6-3-11-28-19/h2-13H,14H2,1H3,(H,23,24)/b22-13-. The third-order valence-corrected chi connectivity index (χ3v) is 4.43. The highest BCUT2D eigenvalue weighted by Crippen LogP contribution is 2.16. The van der Waals surface area contributed by atoms with Gasteiger partial charge >= 0.3 is 5.97 Å². The van der Waals surface area contributed by atoms with Crippen molar-refractivity contribution in [2.75, 3.05) is 6.61 Å². The molecule has 1 aromatic heterocycles. The molecule has 0 bridgehead atoms. The summed E-state index contributed by atoms with van der Waals surface area (Å²) in [4.78, 5) is 24.3. The Hall–Kier alpha value is -3.45. The van der Waals surface area contributed by atoms with Crippen LogP contribution in [0.3, 0.4) is 0 Å². The van der Waals surface area contributed by atoms with Gasteiger partial charge in [0.2, 0.25) is 0 Å². The summed E-state index contributed by atoms with van der Waals surface area (Å²) in [5, 5.41) is 5.71. The molecule has 7 heteroatoms. The van der Waals surface area contributed by atoms with E-state index in [1.54, 1.807) is 48.5 Å². The lowest BCUT2D eigenvalue weighted by Crippen LogP contribution is -2.24. The summed E-state index contributed by atoms with van der Waals surface area (Å²) in [6, 6.07) is 17.8. The number of amides is 1. The van der Waals surface area contributed by atoms with Crippen LogP contribution >= 0.6 is 11.3 Å². The van der Waals surface area contributed by atoms with Gasteiger partial charge in [-0.25, -0.2) is 10.2 Å². The molecular formula is C21H18N2O4S. The third-order valence-electron chi connectivity index (χ3n) is 3.58. The summed E-state index contributed by atoms with van der Waals surface area (Å²) in [7, 11) is 0. The number of carbonyl (C=O) groups is 2. The Morgan fingerprint density at radius 1 is 1.07 bits per heavy atom. The molecule has 0 unspecified atom stereocenters. The summed E-state index contributed by atoms with van der Waals surface area (Å²) in [6.07, 6.45) is 1.46. The van der Waals surface area contributed by atoms with E-state index in [1.807, 2.05) is 24.4 Å². The first-order valence-electron chi connectivity index (χ1n) is 8.47. The molecule has 0 saturated carbocycles. The van der Waals surface area contributed by atoms with Crippen LogP contribution in [0.4, 0.5) is 0 Å². The molecule has 1 amide bonds. The highest BCUT2D eigenvalue weighted by Gasteiger charge is 2.09. The summed E-state index contributed by atoms with van der Waals surface area (Å²) in [6.45, 7) is 1.84. The Kier molecular flexibility index (Phi) is 6.54. The van der Waals surface area contributed by atoms with Crippen LogP contribution in [-0.2, 0) is 4.79 Å². The molecule has 3 rings (SSSR count). The van der Waals surface area contributed by atoms with Crippen molar-refractivity contribution in [2.24, 2.45) is 5.10 Å². The maximum absolute atomic E-state index is 12.0. The van der Waals surface area contributed by atoms with Crippen LogP contribution in [0.1, 0.15) is 20.8 Å². The first-order valence-corrected chi connectivity index (χ1v) is 9.35. The second-order valence-corrected chi connectivity index (χ2v) is 6.78. The van der Waals surface area contributed by atoms with E-state index in [-0.39, 0.29) is 12.5 Å².